The predicted molar refractivity (Wildman–Crippen MR) is 91.2 cm³/mol. The first-order chi connectivity index (χ1) is 11.2. The second-order valence-corrected chi connectivity index (χ2v) is 8.94. The Morgan fingerprint density at radius 3 is 2.04 bits per heavy atom. The third kappa shape index (κ3) is 3.00. The highest BCUT2D eigenvalue weighted by atomic mass is 16.5. The van der Waals surface area contributed by atoms with E-state index in [0.717, 1.165) is 19.3 Å². The molecule has 4 nitrogen and oxygen atoms in total. The lowest BCUT2D eigenvalue weighted by Crippen LogP contribution is -2.56. The van der Waals surface area contributed by atoms with Crippen molar-refractivity contribution in [1.82, 2.24) is 0 Å². The molecule has 4 aliphatic carbocycles. The maximum absolute atomic E-state index is 12.7. The van der Waals surface area contributed by atoms with Crippen molar-refractivity contribution in [2.75, 3.05) is 13.2 Å². The van der Waals surface area contributed by atoms with Gasteiger partial charge in [0.1, 0.15) is 0 Å². The van der Waals surface area contributed by atoms with E-state index in [9.17, 15) is 9.59 Å². The third-order valence-electron chi connectivity index (χ3n) is 6.24. The summed E-state index contributed by atoms with van der Waals surface area (Å²) in [7, 11) is 0. The molecule has 4 heteroatoms. The van der Waals surface area contributed by atoms with Crippen LogP contribution < -0.4 is 0 Å². The van der Waals surface area contributed by atoms with Gasteiger partial charge in [0, 0.05) is 11.5 Å². The van der Waals surface area contributed by atoms with Crippen molar-refractivity contribution in [1.29, 1.82) is 0 Å². The molecular formula is C20H30O4. The third-order valence-corrected chi connectivity index (χ3v) is 6.24. The number of rotatable bonds is 5. The van der Waals surface area contributed by atoms with Crippen molar-refractivity contribution in [3.63, 3.8) is 0 Å². The lowest BCUT2D eigenvalue weighted by atomic mass is 9.39. The highest BCUT2D eigenvalue weighted by molar-refractivity contribution is 5.97. The van der Waals surface area contributed by atoms with Gasteiger partial charge in [0.15, 0.2) is 0 Å². The number of hydrogen-bond acceptors (Lipinski definition) is 4. The first kappa shape index (κ1) is 17.5. The van der Waals surface area contributed by atoms with Gasteiger partial charge in [-0.1, -0.05) is 13.8 Å². The first-order valence-electron chi connectivity index (χ1n) is 9.29. The lowest BCUT2D eigenvalue weighted by Gasteiger charge is -2.65. The summed E-state index contributed by atoms with van der Waals surface area (Å²) >= 11 is 0. The lowest BCUT2D eigenvalue weighted by molar-refractivity contribution is -0.153. The Bertz CT molecular complexity index is 558. The van der Waals surface area contributed by atoms with Crippen molar-refractivity contribution in [2.24, 2.45) is 22.2 Å². The maximum Gasteiger partial charge on any atom is 0.334 e. The molecule has 0 radical (unpaired) electrons. The Morgan fingerprint density at radius 1 is 0.958 bits per heavy atom. The number of esters is 2. The zero-order valence-corrected chi connectivity index (χ0v) is 15.4. The molecule has 0 aromatic heterocycles. The normalized spacial score (nSPS) is 40.5. The second kappa shape index (κ2) is 5.89. The molecule has 4 rings (SSSR count). The number of ether oxygens (including phenoxy) is 2. The predicted octanol–water partition coefficient (Wildman–Crippen LogP) is 4.04. The van der Waals surface area contributed by atoms with Crippen LogP contribution in [0.3, 0.4) is 0 Å². The van der Waals surface area contributed by atoms with Crippen LogP contribution in [-0.2, 0) is 19.1 Å². The highest BCUT2D eigenvalue weighted by Gasteiger charge is 2.62. The van der Waals surface area contributed by atoms with E-state index in [4.69, 9.17) is 9.47 Å². The van der Waals surface area contributed by atoms with E-state index in [1.165, 1.54) is 25.3 Å². The zero-order valence-electron chi connectivity index (χ0n) is 15.4. The van der Waals surface area contributed by atoms with E-state index in [0.29, 0.717) is 24.7 Å². The summed E-state index contributed by atoms with van der Waals surface area (Å²) in [6.07, 6.45) is 8.13. The summed E-state index contributed by atoms with van der Waals surface area (Å²) < 4.78 is 10.4. The van der Waals surface area contributed by atoms with Gasteiger partial charge in [0.2, 0.25) is 0 Å². The fraction of sp³-hybridized carbons (Fsp3) is 0.800. The Balaban J connectivity index is 2.00. The van der Waals surface area contributed by atoms with Crippen LogP contribution in [0, 0.1) is 22.2 Å². The quantitative estimate of drug-likeness (QED) is 0.562. The van der Waals surface area contributed by atoms with Crippen molar-refractivity contribution in [3.05, 3.63) is 11.6 Å². The largest absolute Gasteiger partial charge is 0.463 e. The molecule has 134 valence electrons. The van der Waals surface area contributed by atoms with E-state index in [1.54, 1.807) is 6.92 Å². The number of carbonyl (C=O) groups is 2. The average Bonchev–Trinajstić information content (AvgIpc) is 2.41. The summed E-state index contributed by atoms with van der Waals surface area (Å²) in [6.45, 7) is 8.95. The van der Waals surface area contributed by atoms with E-state index in [2.05, 4.69) is 13.8 Å². The number of carbonyl (C=O) groups excluding carboxylic acids is 2. The van der Waals surface area contributed by atoms with Gasteiger partial charge < -0.3 is 9.47 Å². The summed E-state index contributed by atoms with van der Waals surface area (Å²) in [5, 5.41) is 0. The fourth-order valence-electron chi connectivity index (χ4n) is 6.69. The molecule has 24 heavy (non-hydrogen) atoms. The Kier molecular flexibility index (Phi) is 4.29. The van der Waals surface area contributed by atoms with E-state index in [-0.39, 0.29) is 22.2 Å². The smallest absolute Gasteiger partial charge is 0.334 e. The minimum atomic E-state index is -0.424. The first-order valence-corrected chi connectivity index (χ1v) is 9.29. The van der Waals surface area contributed by atoms with Gasteiger partial charge in [0.05, 0.1) is 18.8 Å². The van der Waals surface area contributed by atoms with Gasteiger partial charge in [-0.05, 0) is 69.1 Å². The Hall–Kier alpha value is -1.32. The van der Waals surface area contributed by atoms with Crippen molar-refractivity contribution < 1.29 is 19.1 Å². The molecule has 2 unspecified atom stereocenters. The fourth-order valence-corrected chi connectivity index (χ4v) is 6.69. The molecule has 0 aliphatic heterocycles. The van der Waals surface area contributed by atoms with Crippen molar-refractivity contribution in [2.45, 2.75) is 66.2 Å². The average molecular weight is 334 g/mol. The monoisotopic (exact) mass is 334 g/mol. The van der Waals surface area contributed by atoms with Crippen LogP contribution in [0.1, 0.15) is 66.2 Å². The molecular weight excluding hydrogens is 304 g/mol. The summed E-state index contributed by atoms with van der Waals surface area (Å²) in [5.41, 5.74) is 0.884. The second-order valence-electron chi connectivity index (χ2n) is 8.94. The molecule has 4 saturated carbocycles. The topological polar surface area (TPSA) is 52.6 Å². The van der Waals surface area contributed by atoms with Crippen LogP contribution in [0.15, 0.2) is 11.6 Å². The van der Waals surface area contributed by atoms with Gasteiger partial charge in [-0.25, -0.2) is 9.59 Å². The van der Waals surface area contributed by atoms with Gasteiger partial charge in [-0.2, -0.15) is 0 Å². The van der Waals surface area contributed by atoms with E-state index < -0.39 is 5.97 Å². The van der Waals surface area contributed by atoms with Crippen molar-refractivity contribution >= 4 is 11.9 Å². The zero-order chi connectivity index (χ0) is 17.6. The molecule has 4 atom stereocenters. The molecule has 4 aliphatic rings. The molecule has 4 bridgehead atoms. The van der Waals surface area contributed by atoms with Crippen LogP contribution in [-0.4, -0.2) is 25.2 Å². The minimum Gasteiger partial charge on any atom is -0.463 e. The van der Waals surface area contributed by atoms with Gasteiger partial charge in [-0.3, -0.25) is 0 Å². The van der Waals surface area contributed by atoms with E-state index >= 15 is 0 Å². The maximum atomic E-state index is 12.7. The summed E-state index contributed by atoms with van der Waals surface area (Å²) in [4.78, 5) is 24.8. The van der Waals surface area contributed by atoms with Gasteiger partial charge in [0.25, 0.3) is 0 Å². The SMILES string of the molecule is CCOC(=O)/C=C(\C(=O)OCC)C12CC3C[C@@](C)(C1)C[C@](C)(C3)C2. The number of hydrogen-bond donors (Lipinski definition) is 0. The van der Waals surface area contributed by atoms with Gasteiger partial charge in [-0.15, -0.1) is 0 Å². The molecule has 0 N–H and O–H groups in total. The Labute approximate surface area is 145 Å². The van der Waals surface area contributed by atoms with Crippen LogP contribution in [0.5, 0.6) is 0 Å². The van der Waals surface area contributed by atoms with Crippen LogP contribution >= 0.6 is 0 Å². The van der Waals surface area contributed by atoms with Crippen LogP contribution in [0.2, 0.25) is 0 Å². The van der Waals surface area contributed by atoms with Crippen LogP contribution in [0.4, 0.5) is 0 Å². The molecule has 0 spiro atoms. The van der Waals surface area contributed by atoms with Crippen molar-refractivity contribution in [3.8, 4) is 0 Å². The molecule has 0 amide bonds. The van der Waals surface area contributed by atoms with Crippen LogP contribution in [0.25, 0.3) is 0 Å². The highest BCUT2D eigenvalue weighted by Crippen LogP contribution is 2.71. The minimum absolute atomic E-state index is 0.220. The van der Waals surface area contributed by atoms with Gasteiger partial charge >= 0.3 is 11.9 Å². The molecule has 0 aromatic rings. The standard InChI is InChI=1S/C20H30O4/c1-5-23-16(21)7-15(17(22)24-6-2)20-10-14-8-18(3,12-20)11-19(4,9-14)13-20/h7,14H,5-6,8-13H2,1-4H3/b15-7+/t14?,18-,19+,20?. The molecule has 4 fully saturated rings. The van der Waals surface area contributed by atoms with E-state index in [1.807, 2.05) is 6.92 Å². The molecule has 0 saturated heterocycles. The molecule has 0 heterocycles. The molecule has 0 aromatic carbocycles. The summed E-state index contributed by atoms with van der Waals surface area (Å²) in [6, 6.07) is 0. The Morgan fingerprint density at radius 2 is 1.54 bits per heavy atom. The summed E-state index contributed by atoms with van der Waals surface area (Å²) in [5.74, 6) is -0.109.